The van der Waals surface area contributed by atoms with E-state index in [1.54, 1.807) is 26.7 Å². The van der Waals surface area contributed by atoms with Crippen molar-refractivity contribution in [1.29, 1.82) is 0 Å². The van der Waals surface area contributed by atoms with E-state index in [-0.39, 0.29) is 23.7 Å². The van der Waals surface area contributed by atoms with Gasteiger partial charge in [0.15, 0.2) is 0 Å². The summed E-state index contributed by atoms with van der Waals surface area (Å²) in [6.07, 6.45) is 6.49. The predicted octanol–water partition coefficient (Wildman–Crippen LogP) is -0.0549. The Labute approximate surface area is 132 Å². The summed E-state index contributed by atoms with van der Waals surface area (Å²) < 4.78 is 1.68. The fraction of sp³-hybridized carbons (Fsp3) is 0.400. The number of likely N-dealkylation sites (tertiary alicyclic amines) is 1. The fourth-order valence-corrected chi connectivity index (χ4v) is 3.41. The summed E-state index contributed by atoms with van der Waals surface area (Å²) in [7, 11) is 1.83. The molecular weight excluding hydrogens is 296 g/mol. The first-order chi connectivity index (χ1) is 11.1. The highest BCUT2D eigenvalue weighted by atomic mass is 16.2. The number of aryl methyl sites for hydroxylation is 1. The number of carbonyl (C=O) groups is 2. The summed E-state index contributed by atoms with van der Waals surface area (Å²) >= 11 is 0. The monoisotopic (exact) mass is 312 g/mol. The van der Waals surface area contributed by atoms with Crippen molar-refractivity contribution in [3.63, 3.8) is 0 Å². The highest BCUT2D eigenvalue weighted by Crippen LogP contribution is 2.35. The third-order valence-corrected chi connectivity index (χ3v) is 4.56. The van der Waals surface area contributed by atoms with Crippen LogP contribution in [-0.4, -0.2) is 56.3 Å². The number of rotatable bonds is 2. The van der Waals surface area contributed by atoms with Crippen molar-refractivity contribution in [2.45, 2.75) is 0 Å². The lowest BCUT2D eigenvalue weighted by Gasteiger charge is -2.20. The summed E-state index contributed by atoms with van der Waals surface area (Å²) in [4.78, 5) is 28.6. The quantitative estimate of drug-likeness (QED) is 0.776. The van der Waals surface area contributed by atoms with Gasteiger partial charge in [-0.15, -0.1) is 0 Å². The Kier molecular flexibility index (Phi) is 3.10. The second-order valence-electron chi connectivity index (χ2n) is 6.03. The Morgan fingerprint density at radius 3 is 2.74 bits per heavy atom. The standard InChI is InChI=1S/C15H16N6O2/c1-19-8-12(5-18-19)21-7-11-6-20(9-13(11)15(21)23)14(22)10-2-3-16-17-4-10/h2-5,8,11,13H,6-7,9H2,1H3/t11-,13-/m0/s1. The Hall–Kier alpha value is -2.77. The number of aromatic nitrogens is 4. The van der Waals surface area contributed by atoms with E-state index in [1.165, 1.54) is 12.4 Å². The van der Waals surface area contributed by atoms with Gasteiger partial charge in [0.2, 0.25) is 5.91 Å². The van der Waals surface area contributed by atoms with E-state index in [2.05, 4.69) is 15.3 Å². The van der Waals surface area contributed by atoms with Crippen LogP contribution in [-0.2, 0) is 11.8 Å². The molecule has 2 saturated heterocycles. The largest absolute Gasteiger partial charge is 0.337 e. The van der Waals surface area contributed by atoms with Crippen molar-refractivity contribution < 1.29 is 9.59 Å². The topological polar surface area (TPSA) is 84.2 Å². The number of hydrogen-bond acceptors (Lipinski definition) is 5. The van der Waals surface area contributed by atoms with Crippen LogP contribution in [0.25, 0.3) is 0 Å². The van der Waals surface area contributed by atoms with E-state index < -0.39 is 0 Å². The Morgan fingerprint density at radius 1 is 1.22 bits per heavy atom. The number of fused-ring (bicyclic) bond motifs is 1. The lowest BCUT2D eigenvalue weighted by molar-refractivity contribution is -0.120. The van der Waals surface area contributed by atoms with Gasteiger partial charge in [-0.05, 0) is 6.07 Å². The Morgan fingerprint density at radius 2 is 2.09 bits per heavy atom. The van der Waals surface area contributed by atoms with Gasteiger partial charge in [0.1, 0.15) is 0 Å². The number of nitrogens with zero attached hydrogens (tertiary/aromatic N) is 6. The Balaban J connectivity index is 1.49. The van der Waals surface area contributed by atoms with Gasteiger partial charge in [0, 0.05) is 38.8 Å². The van der Waals surface area contributed by atoms with Crippen molar-refractivity contribution >= 4 is 17.5 Å². The molecule has 2 aromatic rings. The van der Waals surface area contributed by atoms with Crippen LogP contribution in [0.5, 0.6) is 0 Å². The maximum absolute atomic E-state index is 12.6. The van der Waals surface area contributed by atoms with Gasteiger partial charge < -0.3 is 9.80 Å². The second-order valence-corrected chi connectivity index (χ2v) is 6.03. The van der Waals surface area contributed by atoms with E-state index in [4.69, 9.17) is 0 Å². The van der Waals surface area contributed by atoms with Gasteiger partial charge in [0.25, 0.3) is 5.91 Å². The van der Waals surface area contributed by atoms with E-state index in [9.17, 15) is 9.59 Å². The third-order valence-electron chi connectivity index (χ3n) is 4.56. The molecule has 8 nitrogen and oxygen atoms in total. The minimum atomic E-state index is -0.131. The van der Waals surface area contributed by atoms with E-state index in [0.717, 1.165) is 5.69 Å². The zero-order valence-corrected chi connectivity index (χ0v) is 12.7. The van der Waals surface area contributed by atoms with Crippen LogP contribution in [0.4, 0.5) is 5.69 Å². The summed E-state index contributed by atoms with van der Waals surface area (Å²) in [5, 5.41) is 11.5. The molecule has 0 aromatic carbocycles. The number of anilines is 1. The van der Waals surface area contributed by atoms with E-state index in [0.29, 0.717) is 25.2 Å². The van der Waals surface area contributed by atoms with Crippen LogP contribution in [0, 0.1) is 11.8 Å². The lowest BCUT2D eigenvalue weighted by Crippen LogP contribution is -2.35. The highest BCUT2D eigenvalue weighted by Gasteiger charge is 2.48. The average molecular weight is 312 g/mol. The molecule has 0 saturated carbocycles. The summed E-state index contributed by atoms with van der Waals surface area (Å²) in [6.45, 7) is 1.68. The molecule has 0 bridgehead atoms. The number of carbonyl (C=O) groups excluding carboxylic acids is 2. The maximum atomic E-state index is 12.6. The molecule has 2 aliphatic heterocycles. The van der Waals surface area contributed by atoms with Crippen molar-refractivity contribution in [3.8, 4) is 0 Å². The van der Waals surface area contributed by atoms with Crippen molar-refractivity contribution in [2.75, 3.05) is 24.5 Å². The van der Waals surface area contributed by atoms with Crippen molar-refractivity contribution in [3.05, 3.63) is 36.4 Å². The second kappa shape index (κ2) is 5.15. The zero-order valence-electron chi connectivity index (χ0n) is 12.7. The summed E-state index contributed by atoms with van der Waals surface area (Å²) in [5.41, 5.74) is 1.33. The SMILES string of the molecule is Cn1cc(N2C[C@@H]3CN(C(=O)c4ccnnc4)C[C@@H]3C2=O)cn1. The molecule has 2 amide bonds. The normalized spacial score (nSPS) is 23.4. The first-order valence-corrected chi connectivity index (χ1v) is 7.49. The van der Waals surface area contributed by atoms with Crippen LogP contribution in [0.2, 0.25) is 0 Å². The van der Waals surface area contributed by atoms with Crippen LogP contribution >= 0.6 is 0 Å². The molecule has 2 aliphatic rings. The van der Waals surface area contributed by atoms with E-state index in [1.807, 2.05) is 13.2 Å². The molecule has 0 radical (unpaired) electrons. The van der Waals surface area contributed by atoms with Crippen LogP contribution in [0.3, 0.4) is 0 Å². The first-order valence-electron chi connectivity index (χ1n) is 7.49. The molecule has 4 heterocycles. The molecule has 118 valence electrons. The highest BCUT2D eigenvalue weighted by molar-refractivity contribution is 5.99. The minimum absolute atomic E-state index is 0.0751. The van der Waals surface area contributed by atoms with E-state index >= 15 is 0 Å². The molecule has 2 fully saturated rings. The molecule has 23 heavy (non-hydrogen) atoms. The van der Waals surface area contributed by atoms with Gasteiger partial charge >= 0.3 is 0 Å². The summed E-state index contributed by atoms with van der Waals surface area (Å²) in [5.74, 6) is 0.0246. The lowest BCUT2D eigenvalue weighted by atomic mass is 10.0. The first kappa shape index (κ1) is 13.9. The third kappa shape index (κ3) is 2.26. The number of amides is 2. The molecule has 2 atom stereocenters. The fourth-order valence-electron chi connectivity index (χ4n) is 3.41. The number of hydrogen-bond donors (Lipinski definition) is 0. The molecule has 0 unspecified atom stereocenters. The molecule has 4 rings (SSSR count). The molecular formula is C15H16N6O2. The van der Waals surface area contributed by atoms with Crippen molar-refractivity contribution in [2.24, 2.45) is 18.9 Å². The van der Waals surface area contributed by atoms with Gasteiger partial charge in [-0.25, -0.2) is 0 Å². The van der Waals surface area contributed by atoms with Gasteiger partial charge in [-0.1, -0.05) is 0 Å². The predicted molar refractivity (Wildman–Crippen MR) is 80.5 cm³/mol. The van der Waals surface area contributed by atoms with Crippen LogP contribution in [0.15, 0.2) is 30.9 Å². The molecule has 0 N–H and O–H groups in total. The molecule has 2 aromatic heterocycles. The van der Waals surface area contributed by atoms with Crippen LogP contribution < -0.4 is 4.90 Å². The Bertz CT molecular complexity index is 758. The molecule has 8 heteroatoms. The van der Waals surface area contributed by atoms with Crippen molar-refractivity contribution in [1.82, 2.24) is 24.9 Å². The smallest absolute Gasteiger partial charge is 0.255 e. The average Bonchev–Trinajstić information content (AvgIpc) is 3.24. The van der Waals surface area contributed by atoms with Gasteiger partial charge in [0.05, 0.1) is 35.8 Å². The maximum Gasteiger partial charge on any atom is 0.255 e. The minimum Gasteiger partial charge on any atom is -0.337 e. The zero-order chi connectivity index (χ0) is 16.0. The molecule has 0 spiro atoms. The summed E-state index contributed by atoms with van der Waals surface area (Å²) in [6, 6.07) is 1.65. The van der Waals surface area contributed by atoms with Gasteiger partial charge in [-0.2, -0.15) is 15.3 Å². The molecule has 0 aliphatic carbocycles. The van der Waals surface area contributed by atoms with Crippen LogP contribution in [0.1, 0.15) is 10.4 Å². The van der Waals surface area contributed by atoms with Gasteiger partial charge in [-0.3, -0.25) is 14.3 Å².